The first-order chi connectivity index (χ1) is 8.20. The van der Waals surface area contributed by atoms with Crippen molar-refractivity contribution in [2.45, 2.75) is 31.9 Å². The normalized spacial score (nSPS) is 11.3. The van der Waals surface area contributed by atoms with Crippen LogP contribution < -0.4 is 11.1 Å². The first kappa shape index (κ1) is 15.0. The number of rotatable bonds is 4. The van der Waals surface area contributed by atoms with E-state index >= 15 is 0 Å². The second kappa shape index (κ2) is 5.71. The van der Waals surface area contributed by atoms with Crippen LogP contribution in [-0.2, 0) is 9.59 Å². The molecule has 18 heavy (non-hydrogen) atoms. The summed E-state index contributed by atoms with van der Waals surface area (Å²) in [6, 6.07) is 0. The first-order valence-corrected chi connectivity index (χ1v) is 7.20. The van der Waals surface area contributed by atoms with Crippen molar-refractivity contribution >= 4 is 40.0 Å². The highest BCUT2D eigenvalue weighted by atomic mass is 32.2. The van der Waals surface area contributed by atoms with Gasteiger partial charge in [0.05, 0.1) is 15.7 Å². The van der Waals surface area contributed by atoms with E-state index in [1.807, 2.05) is 27.7 Å². The van der Waals surface area contributed by atoms with Gasteiger partial charge >= 0.3 is 0 Å². The van der Waals surface area contributed by atoms with Crippen molar-refractivity contribution in [1.82, 2.24) is 4.98 Å². The van der Waals surface area contributed by atoms with Gasteiger partial charge in [-0.3, -0.25) is 9.59 Å². The number of primary amides is 1. The van der Waals surface area contributed by atoms with E-state index in [0.29, 0.717) is 5.13 Å². The van der Waals surface area contributed by atoms with Crippen LogP contribution in [0.2, 0.25) is 0 Å². The molecule has 0 bridgehead atoms. The number of nitrogens with zero attached hydrogens (tertiary/aromatic N) is 1. The lowest BCUT2D eigenvalue weighted by Gasteiger charge is -2.15. The van der Waals surface area contributed by atoms with Crippen LogP contribution in [0, 0.1) is 12.3 Å². The van der Waals surface area contributed by atoms with Crippen molar-refractivity contribution in [3.63, 3.8) is 0 Å². The largest absolute Gasteiger partial charge is 0.369 e. The van der Waals surface area contributed by atoms with Gasteiger partial charge in [-0.05, 0) is 6.92 Å². The molecule has 2 amide bonds. The number of aromatic nitrogens is 1. The van der Waals surface area contributed by atoms with Gasteiger partial charge in [0.25, 0.3) is 0 Å². The highest BCUT2D eigenvalue weighted by molar-refractivity contribution is 8.01. The number of carbonyl (C=O) groups excluding carboxylic acids is 2. The van der Waals surface area contributed by atoms with Crippen LogP contribution >= 0.6 is 23.1 Å². The Bertz CT molecular complexity index is 463. The number of anilines is 1. The van der Waals surface area contributed by atoms with Crippen molar-refractivity contribution < 1.29 is 9.59 Å². The molecule has 1 rings (SSSR count). The maximum atomic E-state index is 11.8. The lowest BCUT2D eigenvalue weighted by Crippen LogP contribution is -2.27. The highest BCUT2D eigenvalue weighted by Crippen LogP contribution is 2.32. The maximum absolute atomic E-state index is 11.8. The van der Waals surface area contributed by atoms with E-state index in [0.717, 1.165) is 9.90 Å². The quantitative estimate of drug-likeness (QED) is 0.830. The van der Waals surface area contributed by atoms with Crippen molar-refractivity contribution in [2.75, 3.05) is 11.1 Å². The molecule has 0 atom stereocenters. The van der Waals surface area contributed by atoms with Gasteiger partial charge in [0.1, 0.15) is 0 Å². The Balaban J connectivity index is 2.72. The Labute approximate surface area is 115 Å². The first-order valence-electron chi connectivity index (χ1n) is 5.40. The summed E-state index contributed by atoms with van der Waals surface area (Å²) in [5.41, 5.74) is 5.43. The third-order valence-corrected chi connectivity index (χ3v) is 4.46. The second-order valence-electron chi connectivity index (χ2n) is 4.85. The minimum Gasteiger partial charge on any atom is -0.369 e. The molecule has 0 aromatic carbocycles. The maximum Gasteiger partial charge on any atom is 0.231 e. The van der Waals surface area contributed by atoms with Crippen molar-refractivity contribution in [2.24, 2.45) is 11.1 Å². The minimum absolute atomic E-state index is 0.0808. The monoisotopic (exact) mass is 287 g/mol. The van der Waals surface area contributed by atoms with Gasteiger partial charge in [-0.15, -0.1) is 11.8 Å². The van der Waals surface area contributed by atoms with Crippen molar-refractivity contribution in [3.8, 4) is 0 Å². The number of thiazole rings is 1. The summed E-state index contributed by atoms with van der Waals surface area (Å²) in [5, 5.41) is 3.32. The molecular weight excluding hydrogens is 270 g/mol. The summed E-state index contributed by atoms with van der Waals surface area (Å²) >= 11 is 2.70. The third kappa shape index (κ3) is 4.30. The van der Waals surface area contributed by atoms with E-state index in [4.69, 9.17) is 5.73 Å². The zero-order valence-electron chi connectivity index (χ0n) is 10.9. The molecule has 7 heteroatoms. The summed E-state index contributed by atoms with van der Waals surface area (Å²) in [4.78, 5) is 26.8. The zero-order valence-corrected chi connectivity index (χ0v) is 12.5. The number of nitrogens with one attached hydrogen (secondary N) is 1. The standard InChI is InChI=1S/C11H17N3O2S2/c1-6-8(17-5-7(12)15)18-10(13-6)14-9(16)11(2,3)4/h5H2,1-4H3,(H2,12,15)(H,13,14,16). The molecule has 1 heterocycles. The Kier molecular flexibility index (Phi) is 4.75. The molecule has 0 aliphatic carbocycles. The van der Waals surface area contributed by atoms with Crippen LogP contribution in [-0.4, -0.2) is 22.6 Å². The van der Waals surface area contributed by atoms with Crippen molar-refractivity contribution in [3.05, 3.63) is 5.69 Å². The number of nitrogens with two attached hydrogens (primary N) is 1. The highest BCUT2D eigenvalue weighted by Gasteiger charge is 2.22. The molecule has 0 aliphatic heterocycles. The van der Waals surface area contributed by atoms with Crippen LogP contribution in [0.1, 0.15) is 26.5 Å². The SMILES string of the molecule is Cc1nc(NC(=O)C(C)(C)C)sc1SCC(N)=O. The van der Waals surface area contributed by atoms with Gasteiger partial charge in [-0.25, -0.2) is 4.98 Å². The van der Waals surface area contributed by atoms with E-state index in [-0.39, 0.29) is 17.6 Å². The Morgan fingerprint density at radius 3 is 2.56 bits per heavy atom. The molecule has 0 saturated carbocycles. The zero-order chi connectivity index (χ0) is 13.9. The number of carbonyl (C=O) groups is 2. The van der Waals surface area contributed by atoms with Gasteiger partial charge in [0.15, 0.2) is 5.13 Å². The molecule has 5 nitrogen and oxygen atoms in total. The van der Waals surface area contributed by atoms with Crippen LogP contribution in [0.25, 0.3) is 0 Å². The predicted octanol–water partition coefficient (Wildman–Crippen LogP) is 2.01. The number of hydrogen-bond acceptors (Lipinski definition) is 5. The summed E-state index contributed by atoms with van der Waals surface area (Å²) in [6.45, 7) is 7.36. The molecule has 0 unspecified atom stereocenters. The second-order valence-corrected chi connectivity index (χ2v) is 7.09. The summed E-state index contributed by atoms with van der Waals surface area (Å²) in [7, 11) is 0. The molecule has 100 valence electrons. The van der Waals surface area contributed by atoms with Crippen LogP contribution in [0.4, 0.5) is 5.13 Å². The van der Waals surface area contributed by atoms with Gasteiger partial charge in [-0.2, -0.15) is 0 Å². The van der Waals surface area contributed by atoms with Gasteiger partial charge in [0, 0.05) is 5.41 Å². The van der Waals surface area contributed by atoms with Gasteiger partial charge in [0.2, 0.25) is 11.8 Å². The van der Waals surface area contributed by atoms with E-state index < -0.39 is 5.41 Å². The molecular formula is C11H17N3O2S2. The lowest BCUT2D eigenvalue weighted by atomic mass is 9.96. The Morgan fingerprint density at radius 2 is 2.06 bits per heavy atom. The average Bonchev–Trinajstić information content (AvgIpc) is 2.54. The fourth-order valence-electron chi connectivity index (χ4n) is 0.991. The van der Waals surface area contributed by atoms with Crippen LogP contribution in [0.15, 0.2) is 4.21 Å². The molecule has 0 fully saturated rings. The minimum atomic E-state index is -0.458. The summed E-state index contributed by atoms with van der Waals surface area (Å²) in [6.07, 6.45) is 0. The average molecular weight is 287 g/mol. The summed E-state index contributed by atoms with van der Waals surface area (Å²) < 4.78 is 0.901. The van der Waals surface area contributed by atoms with E-state index in [1.54, 1.807) is 0 Å². The Hall–Kier alpha value is -1.08. The smallest absolute Gasteiger partial charge is 0.231 e. The van der Waals surface area contributed by atoms with Crippen LogP contribution in [0.5, 0.6) is 0 Å². The van der Waals surface area contributed by atoms with Gasteiger partial charge < -0.3 is 11.1 Å². The van der Waals surface area contributed by atoms with E-state index in [9.17, 15) is 9.59 Å². The van der Waals surface area contributed by atoms with E-state index in [2.05, 4.69) is 10.3 Å². The van der Waals surface area contributed by atoms with E-state index in [1.165, 1.54) is 23.1 Å². The lowest BCUT2D eigenvalue weighted by molar-refractivity contribution is -0.123. The third-order valence-electron chi connectivity index (χ3n) is 2.00. The molecule has 0 aliphatic rings. The fourth-order valence-corrected chi connectivity index (χ4v) is 2.86. The fraction of sp³-hybridized carbons (Fsp3) is 0.545. The molecule has 1 aromatic heterocycles. The number of hydrogen-bond donors (Lipinski definition) is 2. The predicted molar refractivity (Wildman–Crippen MR) is 74.9 cm³/mol. The molecule has 0 radical (unpaired) electrons. The number of aryl methyl sites for hydroxylation is 1. The molecule has 3 N–H and O–H groups in total. The topological polar surface area (TPSA) is 85.1 Å². The number of amides is 2. The number of thioether (sulfide) groups is 1. The van der Waals surface area contributed by atoms with Crippen molar-refractivity contribution in [1.29, 1.82) is 0 Å². The molecule has 0 spiro atoms. The van der Waals surface area contributed by atoms with Gasteiger partial charge in [-0.1, -0.05) is 32.1 Å². The molecule has 1 aromatic rings. The molecule has 0 saturated heterocycles. The Morgan fingerprint density at radius 1 is 1.44 bits per heavy atom. The van der Waals surface area contributed by atoms with Crippen LogP contribution in [0.3, 0.4) is 0 Å². The summed E-state index contributed by atoms with van der Waals surface area (Å²) in [5.74, 6) is -0.230.